The van der Waals surface area contributed by atoms with Crippen molar-refractivity contribution in [1.29, 1.82) is 5.26 Å². The molecule has 0 spiro atoms. The van der Waals surface area contributed by atoms with E-state index in [4.69, 9.17) is 15.7 Å². The van der Waals surface area contributed by atoms with E-state index < -0.39 is 16.1 Å². The Morgan fingerprint density at radius 3 is 2.79 bits per heavy atom. The number of hydrogen-bond donors (Lipinski definition) is 1. The highest BCUT2D eigenvalue weighted by atomic mass is 32.2. The van der Waals surface area contributed by atoms with E-state index in [-0.39, 0.29) is 30.4 Å². The molecule has 19 heavy (non-hydrogen) atoms. The van der Waals surface area contributed by atoms with E-state index >= 15 is 0 Å². The third kappa shape index (κ3) is 2.30. The standard InChI is InChI=1S/C10H15N5O3S/c1-7-9(10(12)13-14(7)2)19(16,17)15-3-4-18-8(5-11)6-15/h8H,3-4,6H2,1-2H3,(H2,12,13). The smallest absolute Gasteiger partial charge is 0.248 e. The quantitative estimate of drug-likeness (QED) is 0.762. The van der Waals surface area contributed by atoms with Gasteiger partial charge in [-0.25, -0.2) is 8.42 Å². The summed E-state index contributed by atoms with van der Waals surface area (Å²) in [6, 6.07) is 1.91. The Kier molecular flexibility index (Phi) is 3.49. The predicted molar refractivity (Wildman–Crippen MR) is 66.5 cm³/mol. The summed E-state index contributed by atoms with van der Waals surface area (Å²) >= 11 is 0. The van der Waals surface area contributed by atoms with Crippen LogP contribution >= 0.6 is 0 Å². The van der Waals surface area contributed by atoms with Crippen molar-refractivity contribution in [2.75, 3.05) is 25.4 Å². The van der Waals surface area contributed by atoms with Gasteiger partial charge in [0.15, 0.2) is 11.9 Å². The summed E-state index contributed by atoms with van der Waals surface area (Å²) < 4.78 is 32.8. The average Bonchev–Trinajstić information content (AvgIpc) is 2.63. The number of sulfonamides is 1. The minimum Gasteiger partial charge on any atom is -0.381 e. The monoisotopic (exact) mass is 285 g/mol. The largest absolute Gasteiger partial charge is 0.381 e. The maximum atomic E-state index is 12.5. The van der Waals surface area contributed by atoms with Gasteiger partial charge < -0.3 is 10.5 Å². The second kappa shape index (κ2) is 4.80. The molecule has 1 fully saturated rings. The lowest BCUT2D eigenvalue weighted by Gasteiger charge is -2.28. The molecule has 1 saturated heterocycles. The summed E-state index contributed by atoms with van der Waals surface area (Å²) in [5.41, 5.74) is 6.14. The highest BCUT2D eigenvalue weighted by molar-refractivity contribution is 7.89. The molecule has 1 aliphatic heterocycles. The molecule has 9 heteroatoms. The number of anilines is 1. The molecule has 2 N–H and O–H groups in total. The Labute approximate surface area is 111 Å². The van der Waals surface area contributed by atoms with Gasteiger partial charge in [0.2, 0.25) is 10.0 Å². The molecule has 8 nitrogen and oxygen atoms in total. The van der Waals surface area contributed by atoms with Crippen LogP contribution in [-0.2, 0) is 21.8 Å². The highest BCUT2D eigenvalue weighted by Gasteiger charge is 2.34. The van der Waals surface area contributed by atoms with Crippen molar-refractivity contribution in [3.8, 4) is 6.07 Å². The van der Waals surface area contributed by atoms with Crippen LogP contribution in [0.1, 0.15) is 5.69 Å². The number of ether oxygens (including phenoxy) is 1. The molecule has 104 valence electrons. The first kappa shape index (κ1) is 13.8. The minimum absolute atomic E-state index is 0.00656. The topological polar surface area (TPSA) is 114 Å². The van der Waals surface area contributed by atoms with Gasteiger partial charge in [-0.3, -0.25) is 4.68 Å². The van der Waals surface area contributed by atoms with E-state index in [9.17, 15) is 8.42 Å². The lowest BCUT2D eigenvalue weighted by molar-refractivity contribution is 0.0311. The van der Waals surface area contributed by atoms with Gasteiger partial charge >= 0.3 is 0 Å². The van der Waals surface area contributed by atoms with Gasteiger partial charge in [0.05, 0.1) is 24.9 Å². The van der Waals surface area contributed by atoms with Gasteiger partial charge in [-0.15, -0.1) is 0 Å². The molecule has 2 heterocycles. The van der Waals surface area contributed by atoms with Crippen LogP contribution in [0.3, 0.4) is 0 Å². The first-order chi connectivity index (χ1) is 8.87. The number of nitrogen functional groups attached to an aromatic ring is 1. The number of nitriles is 1. The summed E-state index contributed by atoms with van der Waals surface area (Å²) in [6.45, 7) is 2.04. The SMILES string of the molecule is Cc1c(S(=O)(=O)N2CCOC(C#N)C2)c(N)nn1C. The number of aromatic nitrogens is 2. The fourth-order valence-electron chi connectivity index (χ4n) is 1.98. The molecule has 2 rings (SSSR count). The van der Waals surface area contributed by atoms with Crippen molar-refractivity contribution in [2.24, 2.45) is 7.05 Å². The first-order valence-electron chi connectivity index (χ1n) is 5.68. The number of nitrogens with zero attached hydrogens (tertiary/aromatic N) is 4. The highest BCUT2D eigenvalue weighted by Crippen LogP contribution is 2.26. The zero-order valence-corrected chi connectivity index (χ0v) is 11.5. The van der Waals surface area contributed by atoms with Crippen molar-refractivity contribution >= 4 is 15.8 Å². The van der Waals surface area contributed by atoms with Crippen LogP contribution in [0, 0.1) is 18.3 Å². The van der Waals surface area contributed by atoms with E-state index in [1.54, 1.807) is 14.0 Å². The minimum atomic E-state index is -3.75. The second-order valence-electron chi connectivity index (χ2n) is 4.27. The van der Waals surface area contributed by atoms with Gasteiger partial charge in [-0.2, -0.15) is 14.7 Å². The van der Waals surface area contributed by atoms with Crippen molar-refractivity contribution in [3.63, 3.8) is 0 Å². The van der Waals surface area contributed by atoms with Gasteiger partial charge in [0.25, 0.3) is 0 Å². The molecule has 1 unspecified atom stereocenters. The third-order valence-corrected chi connectivity index (χ3v) is 5.11. The Balaban J connectivity index is 2.40. The molecule has 0 saturated carbocycles. The van der Waals surface area contributed by atoms with Gasteiger partial charge in [-0.1, -0.05) is 0 Å². The number of nitrogens with two attached hydrogens (primary N) is 1. The summed E-state index contributed by atoms with van der Waals surface area (Å²) in [4.78, 5) is 0.00795. The van der Waals surface area contributed by atoms with Crippen LogP contribution in [0.25, 0.3) is 0 Å². The number of morpholine rings is 1. The van der Waals surface area contributed by atoms with Gasteiger partial charge in [0.1, 0.15) is 4.90 Å². The van der Waals surface area contributed by atoms with Crippen molar-refractivity contribution in [1.82, 2.24) is 14.1 Å². The van der Waals surface area contributed by atoms with E-state index in [1.165, 1.54) is 8.99 Å². The maximum Gasteiger partial charge on any atom is 0.248 e. The summed E-state index contributed by atoms with van der Waals surface area (Å²) in [5, 5.41) is 12.7. The fraction of sp³-hybridized carbons (Fsp3) is 0.600. The Bertz CT molecular complexity index is 630. The zero-order chi connectivity index (χ0) is 14.2. The van der Waals surface area contributed by atoms with Crippen LogP contribution in [0.2, 0.25) is 0 Å². The lowest BCUT2D eigenvalue weighted by Crippen LogP contribution is -2.45. The van der Waals surface area contributed by atoms with Gasteiger partial charge in [-0.05, 0) is 6.92 Å². The van der Waals surface area contributed by atoms with Gasteiger partial charge in [0, 0.05) is 13.6 Å². The predicted octanol–water partition coefficient (Wildman–Crippen LogP) is -0.776. The Morgan fingerprint density at radius 2 is 2.26 bits per heavy atom. The van der Waals surface area contributed by atoms with Crippen LogP contribution in [0.15, 0.2) is 4.90 Å². The fourth-order valence-corrected chi connectivity index (χ4v) is 3.70. The zero-order valence-electron chi connectivity index (χ0n) is 10.7. The molecule has 1 aromatic heterocycles. The maximum absolute atomic E-state index is 12.5. The molecule has 1 aliphatic rings. The molecule has 1 atom stereocenters. The normalized spacial score (nSPS) is 21.2. The second-order valence-corrected chi connectivity index (χ2v) is 6.15. The average molecular weight is 285 g/mol. The number of hydrogen-bond acceptors (Lipinski definition) is 6. The van der Waals surface area contributed by atoms with Crippen molar-refractivity contribution < 1.29 is 13.2 Å². The molecule has 0 amide bonds. The van der Waals surface area contributed by atoms with E-state index in [0.717, 1.165) is 0 Å². The van der Waals surface area contributed by atoms with Crippen molar-refractivity contribution in [2.45, 2.75) is 17.9 Å². The summed E-state index contributed by atoms with van der Waals surface area (Å²) in [6.07, 6.45) is -0.748. The van der Waals surface area contributed by atoms with E-state index in [0.29, 0.717) is 5.69 Å². The molecule has 0 aromatic carbocycles. The lowest BCUT2D eigenvalue weighted by atomic mass is 10.3. The molecular weight excluding hydrogens is 270 g/mol. The first-order valence-corrected chi connectivity index (χ1v) is 7.12. The molecule has 0 bridgehead atoms. The summed E-state index contributed by atoms with van der Waals surface area (Å²) in [5.74, 6) is -0.0278. The van der Waals surface area contributed by atoms with Crippen molar-refractivity contribution in [3.05, 3.63) is 5.69 Å². The van der Waals surface area contributed by atoms with E-state index in [1.807, 2.05) is 6.07 Å². The van der Waals surface area contributed by atoms with Crippen LogP contribution in [0.5, 0.6) is 0 Å². The number of aryl methyl sites for hydroxylation is 1. The molecule has 0 aliphatic carbocycles. The van der Waals surface area contributed by atoms with Crippen LogP contribution < -0.4 is 5.73 Å². The summed E-state index contributed by atoms with van der Waals surface area (Å²) in [7, 11) is -2.12. The Hall–Kier alpha value is -1.63. The number of rotatable bonds is 2. The third-order valence-electron chi connectivity index (χ3n) is 3.08. The molecule has 0 radical (unpaired) electrons. The molecule has 1 aromatic rings. The van der Waals surface area contributed by atoms with E-state index in [2.05, 4.69) is 5.10 Å². The molecular formula is C10H15N5O3S. The van der Waals surface area contributed by atoms with Crippen LogP contribution in [-0.4, -0.2) is 48.3 Å². The van der Waals surface area contributed by atoms with Crippen LogP contribution in [0.4, 0.5) is 5.82 Å². The Morgan fingerprint density at radius 1 is 1.58 bits per heavy atom.